The minimum absolute atomic E-state index is 0.0492. The van der Waals surface area contributed by atoms with E-state index in [9.17, 15) is 29.4 Å². The van der Waals surface area contributed by atoms with Crippen LogP contribution >= 0.6 is 0 Å². The predicted octanol–water partition coefficient (Wildman–Crippen LogP) is 3.26. The van der Waals surface area contributed by atoms with Crippen molar-refractivity contribution in [3.63, 3.8) is 0 Å². The van der Waals surface area contributed by atoms with Gasteiger partial charge in [-0.15, -0.1) is 6.42 Å². The molecule has 8 atom stereocenters. The van der Waals surface area contributed by atoms with Gasteiger partial charge in [0.2, 0.25) is 5.91 Å². The van der Waals surface area contributed by atoms with E-state index in [1.807, 2.05) is 0 Å². The number of hydrogen-bond acceptors (Lipinski definition) is 7. The van der Waals surface area contributed by atoms with Crippen LogP contribution in [0.3, 0.4) is 0 Å². The fourth-order valence-electron chi connectivity index (χ4n) is 8.61. The molecule has 3 saturated carbocycles. The number of hydrogen-bond donors (Lipinski definition) is 5. The first-order valence-electron chi connectivity index (χ1n) is 15.8. The first-order chi connectivity index (χ1) is 20.6. The quantitative estimate of drug-likeness (QED) is 0.174. The normalized spacial score (nSPS) is 34.8. The molecule has 0 aromatic heterocycles. The van der Waals surface area contributed by atoms with Gasteiger partial charge in [-0.2, -0.15) is 0 Å². The van der Waals surface area contributed by atoms with Crippen LogP contribution in [-0.2, 0) is 24.0 Å². The van der Waals surface area contributed by atoms with Crippen LogP contribution in [0.1, 0.15) is 91.9 Å². The number of rotatable bonds is 11. The third-order valence-corrected chi connectivity index (χ3v) is 11.3. The second-order valence-electron chi connectivity index (χ2n) is 14.0. The Kier molecular flexibility index (Phi) is 9.84. The Morgan fingerprint density at radius 1 is 1.07 bits per heavy atom. The van der Waals surface area contributed by atoms with Crippen molar-refractivity contribution in [1.82, 2.24) is 10.6 Å². The molecule has 0 heterocycles. The van der Waals surface area contributed by atoms with E-state index >= 15 is 0 Å². The van der Waals surface area contributed by atoms with Gasteiger partial charge in [-0.3, -0.25) is 14.4 Å². The van der Waals surface area contributed by atoms with E-state index in [0.717, 1.165) is 44.2 Å². The van der Waals surface area contributed by atoms with Crippen LogP contribution in [-0.4, -0.2) is 69.1 Å². The number of carboxylic acid groups (broad SMARTS) is 2. The Hall–Kier alpha value is -3.39. The van der Waals surface area contributed by atoms with Crippen molar-refractivity contribution in [3.05, 3.63) is 11.6 Å². The monoisotopic (exact) mass is 613 g/mol. The van der Waals surface area contributed by atoms with Gasteiger partial charge >= 0.3 is 11.9 Å². The number of nitrogens with one attached hydrogen (secondary N) is 2. The summed E-state index contributed by atoms with van der Waals surface area (Å²) in [6.45, 7) is 7.55. The number of nitrogens with zero attached hydrogens (tertiary/aromatic N) is 1. The lowest BCUT2D eigenvalue weighted by Crippen LogP contribution is -2.54. The average molecular weight is 614 g/mol. The molecule has 0 radical (unpaired) electrons. The molecule has 11 heteroatoms. The molecule has 0 aliphatic heterocycles. The summed E-state index contributed by atoms with van der Waals surface area (Å²) in [4.78, 5) is 53.1. The van der Waals surface area contributed by atoms with Crippen molar-refractivity contribution in [1.29, 1.82) is 0 Å². The molecule has 0 spiro atoms. The number of carbonyl (C=O) groups excluding carboxylic acids is 2. The number of carbonyl (C=O) groups is 4. The number of oxime groups is 1. The molecule has 4 aliphatic carbocycles. The van der Waals surface area contributed by atoms with Gasteiger partial charge < -0.3 is 30.8 Å². The fraction of sp³-hybridized carbons (Fsp3) is 0.727. The molecule has 44 heavy (non-hydrogen) atoms. The molecular weight excluding hydrogens is 566 g/mol. The molecule has 2 amide bonds. The number of carboxylic acids is 2. The summed E-state index contributed by atoms with van der Waals surface area (Å²) in [5, 5.41) is 38.6. The minimum Gasteiger partial charge on any atom is -0.481 e. The predicted molar refractivity (Wildman–Crippen MR) is 162 cm³/mol. The first kappa shape index (κ1) is 33.5. The lowest BCUT2D eigenvalue weighted by Gasteiger charge is -2.58. The molecule has 4 aliphatic rings. The van der Waals surface area contributed by atoms with Crippen LogP contribution in [0.2, 0.25) is 0 Å². The molecule has 0 saturated heterocycles. The van der Waals surface area contributed by atoms with E-state index in [1.54, 1.807) is 13.8 Å². The van der Waals surface area contributed by atoms with E-state index < -0.39 is 54.5 Å². The largest absolute Gasteiger partial charge is 0.481 e. The van der Waals surface area contributed by atoms with E-state index in [1.165, 1.54) is 5.57 Å². The van der Waals surface area contributed by atoms with E-state index in [4.69, 9.17) is 16.4 Å². The number of terminal acetylenes is 1. The lowest BCUT2D eigenvalue weighted by atomic mass is 9.46. The van der Waals surface area contributed by atoms with Gasteiger partial charge in [0.25, 0.3) is 5.91 Å². The van der Waals surface area contributed by atoms with Crippen molar-refractivity contribution in [2.75, 3.05) is 6.61 Å². The maximum atomic E-state index is 12.8. The lowest BCUT2D eigenvalue weighted by molar-refractivity contribution is -0.143. The Bertz CT molecular complexity index is 1270. The zero-order valence-electron chi connectivity index (χ0n) is 26.2. The molecule has 5 N–H and O–H groups in total. The average Bonchev–Trinajstić information content (AvgIpc) is 3.24. The number of allylic oxidation sites excluding steroid dienone is 2. The van der Waals surface area contributed by atoms with Crippen molar-refractivity contribution in [2.45, 2.75) is 110 Å². The third kappa shape index (κ3) is 6.37. The van der Waals surface area contributed by atoms with Crippen molar-refractivity contribution in [2.24, 2.45) is 39.7 Å². The Labute approximate surface area is 259 Å². The highest BCUT2D eigenvalue weighted by molar-refractivity contribution is 5.96. The van der Waals surface area contributed by atoms with Gasteiger partial charge in [-0.25, -0.2) is 4.79 Å². The molecule has 11 nitrogen and oxygen atoms in total. The number of aliphatic hydroxyl groups is 1. The second-order valence-corrected chi connectivity index (χ2v) is 14.0. The van der Waals surface area contributed by atoms with Crippen LogP contribution in [0, 0.1) is 46.8 Å². The topological polar surface area (TPSA) is 175 Å². The summed E-state index contributed by atoms with van der Waals surface area (Å²) >= 11 is 0. The highest BCUT2D eigenvalue weighted by atomic mass is 16.6. The Morgan fingerprint density at radius 3 is 2.41 bits per heavy atom. The van der Waals surface area contributed by atoms with Gasteiger partial charge in [-0.1, -0.05) is 44.3 Å². The van der Waals surface area contributed by atoms with E-state index in [-0.39, 0.29) is 23.2 Å². The van der Waals surface area contributed by atoms with Gasteiger partial charge in [0.1, 0.15) is 17.7 Å². The van der Waals surface area contributed by atoms with Gasteiger partial charge in [0.15, 0.2) is 6.61 Å². The van der Waals surface area contributed by atoms with E-state index in [2.05, 4.69) is 41.6 Å². The zero-order chi connectivity index (χ0) is 32.4. The highest BCUT2D eigenvalue weighted by Crippen LogP contribution is 2.67. The summed E-state index contributed by atoms with van der Waals surface area (Å²) in [5.41, 5.74) is 0.931. The Morgan fingerprint density at radius 2 is 1.77 bits per heavy atom. The summed E-state index contributed by atoms with van der Waals surface area (Å²) in [5.74, 6) is 0.0444. The summed E-state index contributed by atoms with van der Waals surface area (Å²) in [6, 6.07) is -2.42. The molecule has 0 bridgehead atoms. The number of fused-ring (bicyclic) bond motifs is 5. The minimum atomic E-state index is -1.39. The van der Waals surface area contributed by atoms with Crippen molar-refractivity contribution >= 4 is 29.5 Å². The van der Waals surface area contributed by atoms with Gasteiger partial charge in [-0.05, 0) is 93.0 Å². The molecule has 0 aromatic carbocycles. The molecule has 3 fully saturated rings. The molecule has 4 rings (SSSR count). The van der Waals surface area contributed by atoms with Gasteiger partial charge in [0.05, 0.1) is 5.71 Å². The Balaban J connectivity index is 1.34. The maximum Gasteiger partial charge on any atom is 0.326 e. The summed E-state index contributed by atoms with van der Waals surface area (Å²) in [7, 11) is 0. The molecular formula is C33H47N3O8. The van der Waals surface area contributed by atoms with Crippen LogP contribution in [0.5, 0.6) is 0 Å². The smallest absolute Gasteiger partial charge is 0.326 e. The second kappa shape index (κ2) is 12.9. The number of aliphatic carboxylic acids is 2. The zero-order valence-corrected chi connectivity index (χ0v) is 26.2. The summed E-state index contributed by atoms with van der Waals surface area (Å²) < 4.78 is 0. The molecule has 242 valence electrons. The first-order valence-corrected chi connectivity index (χ1v) is 15.8. The highest BCUT2D eigenvalue weighted by Gasteiger charge is 2.63. The van der Waals surface area contributed by atoms with Crippen LogP contribution in [0.4, 0.5) is 0 Å². The number of amides is 2. The summed E-state index contributed by atoms with van der Waals surface area (Å²) in [6.07, 6.45) is 14.5. The molecule has 0 aromatic rings. The van der Waals surface area contributed by atoms with Crippen LogP contribution < -0.4 is 10.6 Å². The van der Waals surface area contributed by atoms with Gasteiger partial charge in [0, 0.05) is 11.8 Å². The maximum absolute atomic E-state index is 12.8. The fourth-order valence-corrected chi connectivity index (χ4v) is 8.61. The SMILES string of the molecule is C#C[C@@]1(O)CC[C@H]2[C@@H]3CCC4=C/C(=N/OCC(=O)N[C@H](C(=O)N[C@H](CCC(=O)O)C(=O)O)C(C)C)CC[C@]4(C)[C@H]3CC[C@@]21C. The van der Waals surface area contributed by atoms with Crippen molar-refractivity contribution < 1.29 is 39.3 Å². The van der Waals surface area contributed by atoms with E-state index in [0.29, 0.717) is 30.6 Å². The standard InChI is InChI=1S/C33H47N3O8/c1-6-33(43)16-13-24-22-8-7-20-17-21(11-14-31(20,4)23(22)12-15-32(24,33)5)36-44-18-26(37)35-28(19(2)3)29(40)34-25(30(41)42)9-10-27(38)39/h1,17,19,22-25,28,43H,7-16,18H2,2-5H3,(H,34,40)(H,35,37)(H,38,39)(H,41,42)/b36-21+/t22-,23+,24+,25-,28+,31+,32+,33-/m1/s1. The molecule has 0 unspecified atom stereocenters. The van der Waals surface area contributed by atoms with Crippen LogP contribution in [0.25, 0.3) is 0 Å². The van der Waals surface area contributed by atoms with Crippen LogP contribution in [0.15, 0.2) is 16.8 Å². The third-order valence-electron chi connectivity index (χ3n) is 11.3. The van der Waals surface area contributed by atoms with Crippen molar-refractivity contribution in [3.8, 4) is 12.3 Å².